The lowest BCUT2D eigenvalue weighted by Gasteiger charge is -1.99. The molecule has 0 bridgehead atoms. The summed E-state index contributed by atoms with van der Waals surface area (Å²) in [5, 5.41) is 13.9. The molecule has 0 saturated heterocycles. The van der Waals surface area contributed by atoms with Gasteiger partial charge >= 0.3 is 6.16 Å². The topological polar surface area (TPSA) is 57.5 Å². The predicted octanol–water partition coefficient (Wildman–Crippen LogP) is 2.83. The number of allylic oxidation sites excluding steroid dienone is 1. The molecular formula is C8H16O3. The van der Waals surface area contributed by atoms with Crippen molar-refractivity contribution in [1.29, 1.82) is 0 Å². The normalized spacial score (nSPS) is 8.36. The molecule has 0 fully saturated rings. The van der Waals surface area contributed by atoms with Gasteiger partial charge in [0.25, 0.3) is 0 Å². The third kappa shape index (κ3) is 48.9. The average Bonchev–Trinajstić information content (AvgIpc) is 1.56. The summed E-state index contributed by atoms with van der Waals surface area (Å²) in [5.41, 5.74) is 1.29. The van der Waals surface area contributed by atoms with Crippen molar-refractivity contribution in [3.63, 3.8) is 0 Å². The third-order valence-electron chi connectivity index (χ3n) is 0.757. The highest BCUT2D eigenvalue weighted by Gasteiger charge is 1.90. The quantitative estimate of drug-likeness (QED) is 0.610. The van der Waals surface area contributed by atoms with Gasteiger partial charge in [0.1, 0.15) is 0 Å². The lowest BCUT2D eigenvalue weighted by Crippen LogP contribution is -1.84. The molecule has 66 valence electrons. The summed E-state index contributed by atoms with van der Waals surface area (Å²) in [5.74, 6) is 0.775. The van der Waals surface area contributed by atoms with E-state index >= 15 is 0 Å². The van der Waals surface area contributed by atoms with Gasteiger partial charge in [-0.15, -0.1) is 6.58 Å². The van der Waals surface area contributed by atoms with E-state index < -0.39 is 6.16 Å². The lowest BCUT2D eigenvalue weighted by molar-refractivity contribution is 0.137. The van der Waals surface area contributed by atoms with Crippen molar-refractivity contribution in [3.8, 4) is 0 Å². The molecular weight excluding hydrogens is 144 g/mol. The molecule has 0 amide bonds. The molecule has 0 aliphatic heterocycles. The van der Waals surface area contributed by atoms with Gasteiger partial charge < -0.3 is 10.2 Å². The highest BCUT2D eigenvalue weighted by atomic mass is 16.6. The van der Waals surface area contributed by atoms with Crippen molar-refractivity contribution >= 4 is 6.16 Å². The molecule has 0 atom stereocenters. The number of rotatable bonds is 2. The molecule has 0 heterocycles. The van der Waals surface area contributed by atoms with Crippen LogP contribution in [0.3, 0.4) is 0 Å². The van der Waals surface area contributed by atoms with Crippen LogP contribution in [0.1, 0.15) is 27.2 Å². The molecule has 0 aromatic rings. The van der Waals surface area contributed by atoms with E-state index in [1.807, 2.05) is 0 Å². The zero-order chi connectivity index (χ0) is 9.44. The Morgan fingerprint density at radius 3 is 1.73 bits per heavy atom. The van der Waals surface area contributed by atoms with Crippen LogP contribution in [0, 0.1) is 5.92 Å². The first-order valence-corrected chi connectivity index (χ1v) is 3.42. The SMILES string of the molecule is C=C(C)CC(C)C.O=C(O)O. The van der Waals surface area contributed by atoms with Crippen LogP contribution in [0.2, 0.25) is 0 Å². The van der Waals surface area contributed by atoms with Crippen LogP contribution < -0.4 is 0 Å². The van der Waals surface area contributed by atoms with Crippen LogP contribution in [0.25, 0.3) is 0 Å². The summed E-state index contributed by atoms with van der Waals surface area (Å²) in [4.78, 5) is 8.56. The fourth-order valence-corrected chi connectivity index (χ4v) is 0.697. The van der Waals surface area contributed by atoms with Gasteiger partial charge in [-0.1, -0.05) is 19.4 Å². The summed E-state index contributed by atoms with van der Waals surface area (Å²) >= 11 is 0. The Morgan fingerprint density at radius 2 is 1.73 bits per heavy atom. The smallest absolute Gasteiger partial charge is 0.450 e. The van der Waals surface area contributed by atoms with E-state index in [-0.39, 0.29) is 0 Å². The maximum atomic E-state index is 8.56. The molecule has 3 heteroatoms. The van der Waals surface area contributed by atoms with Crippen molar-refractivity contribution in [3.05, 3.63) is 12.2 Å². The van der Waals surface area contributed by atoms with E-state index in [9.17, 15) is 0 Å². The van der Waals surface area contributed by atoms with Gasteiger partial charge in [0.05, 0.1) is 0 Å². The molecule has 0 saturated carbocycles. The van der Waals surface area contributed by atoms with E-state index in [4.69, 9.17) is 15.0 Å². The van der Waals surface area contributed by atoms with E-state index in [2.05, 4.69) is 27.4 Å². The van der Waals surface area contributed by atoms with Crippen molar-refractivity contribution in [2.24, 2.45) is 5.92 Å². The average molecular weight is 160 g/mol. The Labute approximate surface area is 67.4 Å². The first-order chi connectivity index (χ1) is 4.86. The van der Waals surface area contributed by atoms with Crippen molar-refractivity contribution in [1.82, 2.24) is 0 Å². The standard InChI is InChI=1S/C7H14.CH2O3/c1-6(2)5-7(3)4;2-1(3)4/h7H,1,5H2,2-4H3;(H2,2,3,4). The molecule has 3 nitrogen and oxygen atoms in total. The van der Waals surface area contributed by atoms with E-state index in [1.165, 1.54) is 12.0 Å². The molecule has 0 aliphatic carbocycles. The Bertz CT molecular complexity index is 123. The zero-order valence-corrected chi connectivity index (χ0v) is 7.29. The lowest BCUT2D eigenvalue weighted by atomic mass is 10.1. The van der Waals surface area contributed by atoms with Crippen molar-refractivity contribution < 1.29 is 15.0 Å². The molecule has 0 rings (SSSR count). The second-order valence-corrected chi connectivity index (χ2v) is 2.84. The van der Waals surface area contributed by atoms with Crippen LogP contribution in [0.4, 0.5) is 4.79 Å². The third-order valence-corrected chi connectivity index (χ3v) is 0.757. The number of carboxylic acid groups (broad SMARTS) is 2. The van der Waals surface area contributed by atoms with Gasteiger partial charge in [-0.05, 0) is 19.3 Å². The summed E-state index contributed by atoms with van der Waals surface area (Å²) < 4.78 is 0. The van der Waals surface area contributed by atoms with Crippen LogP contribution in [0.5, 0.6) is 0 Å². The van der Waals surface area contributed by atoms with Crippen LogP contribution >= 0.6 is 0 Å². The Kier molecular flexibility index (Phi) is 8.20. The number of carbonyl (C=O) groups is 1. The first kappa shape index (κ1) is 12.7. The van der Waals surface area contributed by atoms with Gasteiger partial charge in [0.15, 0.2) is 0 Å². The summed E-state index contributed by atoms with van der Waals surface area (Å²) in [7, 11) is 0. The fourth-order valence-electron chi connectivity index (χ4n) is 0.697. The maximum Gasteiger partial charge on any atom is 0.503 e. The van der Waals surface area contributed by atoms with Crippen molar-refractivity contribution in [2.45, 2.75) is 27.2 Å². The molecule has 0 aromatic carbocycles. The van der Waals surface area contributed by atoms with Crippen LogP contribution in [0.15, 0.2) is 12.2 Å². The first-order valence-electron chi connectivity index (χ1n) is 3.42. The number of hydrogen-bond acceptors (Lipinski definition) is 1. The maximum absolute atomic E-state index is 8.56. The second kappa shape index (κ2) is 7.12. The van der Waals surface area contributed by atoms with E-state index in [1.54, 1.807) is 0 Å². The summed E-state index contributed by atoms with van der Waals surface area (Å²) in [6.07, 6.45) is -0.667. The minimum Gasteiger partial charge on any atom is -0.450 e. The molecule has 0 radical (unpaired) electrons. The molecule has 0 aliphatic rings. The fraction of sp³-hybridized carbons (Fsp3) is 0.625. The minimum absolute atomic E-state index is 0.775. The van der Waals surface area contributed by atoms with Gasteiger partial charge in [0, 0.05) is 0 Å². The Hall–Kier alpha value is -0.990. The number of hydrogen-bond donors (Lipinski definition) is 2. The minimum atomic E-state index is -1.83. The monoisotopic (exact) mass is 160 g/mol. The van der Waals surface area contributed by atoms with E-state index in [0.717, 1.165) is 5.92 Å². The summed E-state index contributed by atoms with van der Waals surface area (Å²) in [6.45, 7) is 10.3. The van der Waals surface area contributed by atoms with E-state index in [0.29, 0.717) is 0 Å². The molecule has 0 unspecified atom stereocenters. The molecule has 0 aromatic heterocycles. The summed E-state index contributed by atoms with van der Waals surface area (Å²) in [6, 6.07) is 0. The van der Waals surface area contributed by atoms with Crippen molar-refractivity contribution in [2.75, 3.05) is 0 Å². The molecule has 0 spiro atoms. The van der Waals surface area contributed by atoms with Crippen LogP contribution in [-0.4, -0.2) is 16.4 Å². The zero-order valence-electron chi connectivity index (χ0n) is 7.29. The van der Waals surface area contributed by atoms with Gasteiger partial charge in [-0.3, -0.25) is 0 Å². The highest BCUT2D eigenvalue weighted by Crippen LogP contribution is 2.05. The predicted molar refractivity (Wildman–Crippen MR) is 44.9 cm³/mol. The van der Waals surface area contributed by atoms with Crippen LogP contribution in [-0.2, 0) is 0 Å². The van der Waals surface area contributed by atoms with Gasteiger partial charge in [0.2, 0.25) is 0 Å². The Morgan fingerprint density at radius 1 is 1.45 bits per heavy atom. The second-order valence-electron chi connectivity index (χ2n) is 2.84. The van der Waals surface area contributed by atoms with Gasteiger partial charge in [-0.25, -0.2) is 4.79 Å². The Balaban J connectivity index is 0. The molecule has 11 heavy (non-hydrogen) atoms. The molecule has 2 N–H and O–H groups in total. The largest absolute Gasteiger partial charge is 0.503 e. The highest BCUT2D eigenvalue weighted by molar-refractivity contribution is 5.53. The van der Waals surface area contributed by atoms with Gasteiger partial charge in [-0.2, -0.15) is 0 Å².